The Morgan fingerprint density at radius 3 is 2.85 bits per heavy atom. The van der Waals surface area contributed by atoms with Crippen molar-refractivity contribution < 1.29 is 9.53 Å². The molecule has 0 fully saturated rings. The van der Waals surface area contributed by atoms with Gasteiger partial charge in [0.2, 0.25) is 0 Å². The summed E-state index contributed by atoms with van der Waals surface area (Å²) in [7, 11) is 1.60. The van der Waals surface area contributed by atoms with Gasteiger partial charge in [0.25, 0.3) is 5.91 Å². The molecule has 0 saturated carbocycles. The highest BCUT2D eigenvalue weighted by atomic mass is 16.5. The maximum Gasteiger partial charge on any atom is 0.263 e. The van der Waals surface area contributed by atoms with Gasteiger partial charge in [0.05, 0.1) is 18.8 Å². The summed E-state index contributed by atoms with van der Waals surface area (Å²) in [6.45, 7) is 0.321. The van der Waals surface area contributed by atoms with Crippen molar-refractivity contribution >= 4 is 22.5 Å². The quantitative estimate of drug-likeness (QED) is 0.470. The predicted octanol–water partition coefficient (Wildman–Crippen LogP) is 2.71. The van der Waals surface area contributed by atoms with Crippen LogP contribution in [0, 0.1) is 11.3 Å². The van der Waals surface area contributed by atoms with E-state index in [-0.39, 0.29) is 5.57 Å². The van der Waals surface area contributed by atoms with E-state index in [4.69, 9.17) is 4.74 Å². The number of carbonyl (C=O) groups excluding carboxylic acids is 1. The van der Waals surface area contributed by atoms with Crippen molar-refractivity contribution in [3.05, 3.63) is 66.0 Å². The van der Waals surface area contributed by atoms with Crippen molar-refractivity contribution in [1.29, 1.82) is 5.26 Å². The molecule has 3 N–H and O–H groups in total. The molecule has 3 rings (SSSR count). The first kappa shape index (κ1) is 17.0. The lowest BCUT2D eigenvalue weighted by Gasteiger charge is -2.06. The molecule has 1 amide bonds. The van der Waals surface area contributed by atoms with Crippen molar-refractivity contribution in [2.75, 3.05) is 12.4 Å². The molecule has 0 saturated heterocycles. The van der Waals surface area contributed by atoms with Crippen LogP contribution in [0.3, 0.4) is 0 Å². The van der Waals surface area contributed by atoms with Gasteiger partial charge in [-0.25, -0.2) is 0 Å². The van der Waals surface area contributed by atoms with Crippen LogP contribution < -0.4 is 15.4 Å². The number of hydrogen-bond donors (Lipinski definition) is 3. The average molecular weight is 347 g/mol. The lowest BCUT2D eigenvalue weighted by Crippen LogP contribution is -2.24. The minimum absolute atomic E-state index is 0.0109. The number of rotatable bonds is 6. The maximum absolute atomic E-state index is 12.2. The van der Waals surface area contributed by atoms with Crippen LogP contribution in [0.5, 0.6) is 5.75 Å². The largest absolute Gasteiger partial charge is 0.497 e. The zero-order valence-corrected chi connectivity index (χ0v) is 14.1. The van der Waals surface area contributed by atoms with Gasteiger partial charge in [-0.3, -0.25) is 9.89 Å². The first-order chi connectivity index (χ1) is 12.7. The van der Waals surface area contributed by atoms with E-state index < -0.39 is 5.91 Å². The number of nitriles is 1. The number of nitrogens with zero attached hydrogens (tertiary/aromatic N) is 2. The van der Waals surface area contributed by atoms with Crippen LogP contribution in [0.2, 0.25) is 0 Å². The molecule has 0 radical (unpaired) electrons. The van der Waals surface area contributed by atoms with E-state index >= 15 is 0 Å². The number of fused-ring (bicyclic) bond motifs is 1. The summed E-state index contributed by atoms with van der Waals surface area (Å²) in [5.74, 6) is 0.301. The predicted molar refractivity (Wildman–Crippen MR) is 98.3 cm³/mol. The third kappa shape index (κ3) is 3.99. The average Bonchev–Trinajstić information content (AvgIpc) is 3.15. The molecule has 0 atom stereocenters. The summed E-state index contributed by atoms with van der Waals surface area (Å²) >= 11 is 0. The molecule has 3 aromatic rings. The maximum atomic E-state index is 12.2. The van der Waals surface area contributed by atoms with Crippen molar-refractivity contribution in [2.24, 2.45) is 0 Å². The van der Waals surface area contributed by atoms with E-state index in [2.05, 4.69) is 20.8 Å². The highest BCUT2D eigenvalue weighted by molar-refractivity contribution is 5.97. The molecule has 1 aromatic heterocycles. The van der Waals surface area contributed by atoms with Gasteiger partial charge >= 0.3 is 0 Å². The second-order valence-corrected chi connectivity index (χ2v) is 5.52. The summed E-state index contributed by atoms with van der Waals surface area (Å²) in [6, 6.07) is 14.8. The molecule has 7 heteroatoms. The van der Waals surface area contributed by atoms with E-state index in [1.165, 1.54) is 6.20 Å². The fourth-order valence-corrected chi connectivity index (χ4v) is 2.35. The minimum atomic E-state index is -0.446. The van der Waals surface area contributed by atoms with Crippen LogP contribution in [0.25, 0.3) is 10.9 Å². The molecule has 130 valence electrons. The van der Waals surface area contributed by atoms with E-state index in [1.54, 1.807) is 13.3 Å². The van der Waals surface area contributed by atoms with Crippen LogP contribution in [-0.2, 0) is 11.3 Å². The number of aromatic nitrogens is 2. The fourth-order valence-electron chi connectivity index (χ4n) is 2.35. The van der Waals surface area contributed by atoms with E-state index in [1.807, 2.05) is 48.5 Å². The number of H-pyrrole nitrogens is 1. The number of amides is 1. The third-order valence-electron chi connectivity index (χ3n) is 3.80. The van der Waals surface area contributed by atoms with Crippen LogP contribution in [0.4, 0.5) is 5.69 Å². The van der Waals surface area contributed by atoms with Crippen molar-refractivity contribution in [2.45, 2.75) is 6.54 Å². The number of anilines is 1. The summed E-state index contributed by atoms with van der Waals surface area (Å²) in [5.41, 5.74) is 2.51. The van der Waals surface area contributed by atoms with Crippen LogP contribution >= 0.6 is 0 Å². The molecule has 0 aliphatic rings. The lowest BCUT2D eigenvalue weighted by atomic mass is 10.2. The van der Waals surface area contributed by atoms with Gasteiger partial charge < -0.3 is 15.4 Å². The van der Waals surface area contributed by atoms with Crippen LogP contribution in [0.1, 0.15) is 5.56 Å². The highest BCUT2D eigenvalue weighted by Crippen LogP contribution is 2.16. The standard InChI is InChI=1S/C19H17N5O2/c1-26-17-6-2-13(3-7-17)10-22-19(25)15(9-20)11-21-16-5-4-14-12-23-24-18(14)8-16/h2-8,11-12,21H,10H2,1H3,(H,22,25)(H,23,24)/b15-11-. The Bertz CT molecular complexity index is 983. The second-order valence-electron chi connectivity index (χ2n) is 5.52. The Labute approximate surface area is 150 Å². The molecule has 0 aliphatic heterocycles. The molecule has 26 heavy (non-hydrogen) atoms. The van der Waals surface area contributed by atoms with Gasteiger partial charge in [0.15, 0.2) is 0 Å². The van der Waals surface area contributed by atoms with Gasteiger partial charge in [0, 0.05) is 23.8 Å². The van der Waals surface area contributed by atoms with Gasteiger partial charge in [0.1, 0.15) is 17.4 Å². The molecule has 0 unspecified atom stereocenters. The lowest BCUT2D eigenvalue weighted by molar-refractivity contribution is -0.117. The zero-order chi connectivity index (χ0) is 18.4. The van der Waals surface area contributed by atoms with Gasteiger partial charge in [-0.05, 0) is 35.9 Å². The molecule has 0 spiro atoms. The second kappa shape index (κ2) is 7.85. The molecule has 0 aliphatic carbocycles. The molecule has 1 heterocycles. The Morgan fingerprint density at radius 2 is 2.12 bits per heavy atom. The van der Waals surface area contributed by atoms with E-state index in [0.717, 1.165) is 27.9 Å². The van der Waals surface area contributed by atoms with E-state index in [9.17, 15) is 10.1 Å². The van der Waals surface area contributed by atoms with Gasteiger partial charge in [-0.2, -0.15) is 10.4 Å². The first-order valence-electron chi connectivity index (χ1n) is 7.90. The van der Waals surface area contributed by atoms with Gasteiger partial charge in [-0.1, -0.05) is 12.1 Å². The SMILES string of the molecule is COc1ccc(CNC(=O)/C(C#N)=C\Nc2ccc3cn[nH]c3c2)cc1. The molecular weight excluding hydrogens is 330 g/mol. The Kier molecular flexibility index (Phi) is 5.15. The smallest absolute Gasteiger partial charge is 0.263 e. The summed E-state index contributed by atoms with van der Waals surface area (Å²) < 4.78 is 5.09. The monoisotopic (exact) mass is 347 g/mol. The number of carbonyl (C=O) groups is 1. The van der Waals surface area contributed by atoms with E-state index in [0.29, 0.717) is 6.54 Å². The number of aromatic amines is 1. The van der Waals surface area contributed by atoms with Crippen molar-refractivity contribution in [1.82, 2.24) is 15.5 Å². The molecular formula is C19H17N5O2. The number of hydrogen-bond acceptors (Lipinski definition) is 5. The van der Waals surface area contributed by atoms with Gasteiger partial charge in [-0.15, -0.1) is 0 Å². The molecule has 0 bridgehead atoms. The summed E-state index contributed by atoms with van der Waals surface area (Å²) in [6.07, 6.45) is 3.11. The number of methoxy groups -OCH3 is 1. The Balaban J connectivity index is 1.61. The fraction of sp³-hybridized carbons (Fsp3) is 0.105. The highest BCUT2D eigenvalue weighted by Gasteiger charge is 2.08. The third-order valence-corrected chi connectivity index (χ3v) is 3.80. The topological polar surface area (TPSA) is 103 Å². The normalized spacial score (nSPS) is 11.0. The Morgan fingerprint density at radius 1 is 1.31 bits per heavy atom. The Hall–Kier alpha value is -3.79. The minimum Gasteiger partial charge on any atom is -0.497 e. The number of nitrogens with one attached hydrogen (secondary N) is 3. The van der Waals surface area contributed by atoms with Crippen molar-refractivity contribution in [3.63, 3.8) is 0 Å². The molecule has 7 nitrogen and oxygen atoms in total. The van der Waals surface area contributed by atoms with Crippen LogP contribution in [-0.4, -0.2) is 23.2 Å². The van der Waals surface area contributed by atoms with Crippen LogP contribution in [0.15, 0.2) is 60.4 Å². The first-order valence-corrected chi connectivity index (χ1v) is 7.90. The van der Waals surface area contributed by atoms with Crippen molar-refractivity contribution in [3.8, 4) is 11.8 Å². The summed E-state index contributed by atoms with van der Waals surface area (Å²) in [5, 5.41) is 22.7. The number of benzene rings is 2. The number of ether oxygens (including phenoxy) is 1. The molecule has 2 aromatic carbocycles. The summed E-state index contributed by atoms with van der Waals surface area (Å²) in [4.78, 5) is 12.2. The zero-order valence-electron chi connectivity index (χ0n) is 14.1.